The number of hydrogen-bond acceptors (Lipinski definition) is 2. The molecule has 0 amide bonds. The van der Waals surface area contributed by atoms with Crippen LogP contribution in [0.1, 0.15) is 36.1 Å². The molecule has 0 radical (unpaired) electrons. The Morgan fingerprint density at radius 1 is 1.46 bits per heavy atom. The van der Waals surface area contributed by atoms with Gasteiger partial charge in [0.15, 0.2) is 0 Å². The molecule has 0 aromatic heterocycles. The van der Waals surface area contributed by atoms with Crippen LogP contribution in [0.4, 0.5) is 0 Å². The van der Waals surface area contributed by atoms with E-state index in [4.69, 9.17) is 10.8 Å². The van der Waals surface area contributed by atoms with Crippen LogP contribution in [0, 0.1) is 6.92 Å². The van der Waals surface area contributed by atoms with Gasteiger partial charge in [0.25, 0.3) is 0 Å². The molecule has 0 saturated heterocycles. The van der Waals surface area contributed by atoms with E-state index >= 15 is 0 Å². The lowest BCUT2D eigenvalue weighted by atomic mass is 9.97. The number of aryl methyl sites for hydroxylation is 1. The number of nitrogens with two attached hydrogens (primary N) is 1. The molecule has 13 heavy (non-hydrogen) atoms. The van der Waals surface area contributed by atoms with Crippen molar-refractivity contribution < 1.29 is 5.11 Å². The average Bonchev–Trinajstić information content (AvgIpc) is 2.16. The molecule has 0 saturated carbocycles. The molecule has 1 unspecified atom stereocenters. The summed E-state index contributed by atoms with van der Waals surface area (Å²) in [4.78, 5) is 0. The zero-order chi connectivity index (χ0) is 9.84. The van der Waals surface area contributed by atoms with E-state index in [0.717, 1.165) is 17.5 Å². The Morgan fingerprint density at radius 3 is 2.69 bits per heavy atom. The number of rotatable bonds is 3. The predicted molar refractivity (Wildman–Crippen MR) is 54.3 cm³/mol. The molecular formula is C11H17NO. The van der Waals surface area contributed by atoms with Gasteiger partial charge in [-0.25, -0.2) is 0 Å². The van der Waals surface area contributed by atoms with E-state index < -0.39 is 0 Å². The van der Waals surface area contributed by atoms with Gasteiger partial charge < -0.3 is 10.8 Å². The highest BCUT2D eigenvalue weighted by Gasteiger charge is 2.08. The highest BCUT2D eigenvalue weighted by Crippen LogP contribution is 2.20. The topological polar surface area (TPSA) is 46.2 Å². The molecule has 1 rings (SSSR count). The van der Waals surface area contributed by atoms with E-state index in [2.05, 4.69) is 6.07 Å². The Kier molecular flexibility index (Phi) is 3.46. The van der Waals surface area contributed by atoms with Crippen molar-refractivity contribution in [2.75, 3.05) is 0 Å². The second-order valence-electron chi connectivity index (χ2n) is 3.38. The number of aliphatic hydroxyl groups excluding tert-OH is 1. The highest BCUT2D eigenvalue weighted by molar-refractivity contribution is 5.33. The maximum absolute atomic E-state index is 9.10. The fourth-order valence-electron chi connectivity index (χ4n) is 1.42. The Labute approximate surface area is 79.4 Å². The van der Waals surface area contributed by atoms with Crippen LogP contribution in [0.5, 0.6) is 0 Å². The summed E-state index contributed by atoms with van der Waals surface area (Å²) in [6.45, 7) is 4.16. The fraction of sp³-hybridized carbons (Fsp3) is 0.455. The second kappa shape index (κ2) is 4.40. The summed E-state index contributed by atoms with van der Waals surface area (Å²) in [6, 6.07) is 6.04. The Bertz CT molecular complexity index is 283. The molecule has 2 heteroatoms. The summed E-state index contributed by atoms with van der Waals surface area (Å²) in [6.07, 6.45) is 0.899. The van der Waals surface area contributed by atoms with Gasteiger partial charge in [-0.1, -0.05) is 30.7 Å². The van der Waals surface area contributed by atoms with Crippen LogP contribution in [-0.4, -0.2) is 5.11 Å². The molecule has 1 atom stereocenters. The Balaban J connectivity index is 3.07. The average molecular weight is 179 g/mol. The van der Waals surface area contributed by atoms with Crippen LogP contribution in [0.25, 0.3) is 0 Å². The van der Waals surface area contributed by atoms with Crippen LogP contribution in [0.2, 0.25) is 0 Å². The number of hydrogen-bond donors (Lipinski definition) is 2. The van der Waals surface area contributed by atoms with Crippen molar-refractivity contribution in [3.05, 3.63) is 34.9 Å². The summed E-state index contributed by atoms with van der Waals surface area (Å²) in [5, 5.41) is 9.10. The minimum Gasteiger partial charge on any atom is -0.392 e. The van der Waals surface area contributed by atoms with E-state index in [1.165, 1.54) is 5.56 Å². The number of aliphatic hydroxyl groups is 1. The first kappa shape index (κ1) is 10.2. The van der Waals surface area contributed by atoms with E-state index in [1.54, 1.807) is 0 Å². The van der Waals surface area contributed by atoms with Crippen LogP contribution >= 0.6 is 0 Å². The van der Waals surface area contributed by atoms with Crippen molar-refractivity contribution in [1.82, 2.24) is 0 Å². The quantitative estimate of drug-likeness (QED) is 0.744. The SMILES string of the molecule is CCC(N)c1cc(C)ccc1CO. The lowest BCUT2D eigenvalue weighted by Gasteiger charge is -2.14. The first-order chi connectivity index (χ1) is 6.19. The fourth-order valence-corrected chi connectivity index (χ4v) is 1.42. The maximum Gasteiger partial charge on any atom is 0.0685 e. The molecule has 0 bridgehead atoms. The molecule has 0 aliphatic rings. The minimum absolute atomic E-state index is 0.0436. The van der Waals surface area contributed by atoms with Crippen LogP contribution < -0.4 is 5.73 Å². The molecule has 0 spiro atoms. The first-order valence-electron chi connectivity index (χ1n) is 4.65. The van der Waals surface area contributed by atoms with Crippen LogP contribution in [0.3, 0.4) is 0 Å². The van der Waals surface area contributed by atoms with E-state index in [-0.39, 0.29) is 12.6 Å². The van der Waals surface area contributed by atoms with Crippen molar-refractivity contribution in [2.24, 2.45) is 5.73 Å². The first-order valence-corrected chi connectivity index (χ1v) is 4.65. The lowest BCUT2D eigenvalue weighted by molar-refractivity contribution is 0.279. The van der Waals surface area contributed by atoms with Crippen molar-refractivity contribution in [3.8, 4) is 0 Å². The van der Waals surface area contributed by atoms with Crippen LogP contribution in [0.15, 0.2) is 18.2 Å². The third-order valence-corrected chi connectivity index (χ3v) is 2.31. The predicted octanol–water partition coefficient (Wildman–Crippen LogP) is 1.90. The van der Waals surface area contributed by atoms with Gasteiger partial charge in [0.1, 0.15) is 0 Å². The van der Waals surface area contributed by atoms with Gasteiger partial charge in [-0.05, 0) is 24.5 Å². The third kappa shape index (κ3) is 2.29. The normalized spacial score (nSPS) is 12.9. The molecular weight excluding hydrogens is 162 g/mol. The molecule has 2 nitrogen and oxygen atoms in total. The highest BCUT2D eigenvalue weighted by atomic mass is 16.3. The van der Waals surface area contributed by atoms with Crippen molar-refractivity contribution in [2.45, 2.75) is 32.9 Å². The van der Waals surface area contributed by atoms with Gasteiger partial charge in [-0.15, -0.1) is 0 Å². The molecule has 1 aromatic rings. The molecule has 3 N–H and O–H groups in total. The summed E-state index contributed by atoms with van der Waals surface area (Å²) >= 11 is 0. The second-order valence-corrected chi connectivity index (χ2v) is 3.38. The number of benzene rings is 1. The van der Waals surface area contributed by atoms with E-state index in [1.807, 2.05) is 26.0 Å². The standard InChI is InChI=1S/C11H17NO/c1-3-11(12)10-6-8(2)4-5-9(10)7-13/h4-6,11,13H,3,7,12H2,1-2H3. The molecule has 0 heterocycles. The summed E-state index contributed by atoms with van der Waals surface area (Å²) in [5.74, 6) is 0. The summed E-state index contributed by atoms with van der Waals surface area (Å²) < 4.78 is 0. The summed E-state index contributed by atoms with van der Waals surface area (Å²) in [7, 11) is 0. The van der Waals surface area contributed by atoms with E-state index in [9.17, 15) is 0 Å². The van der Waals surface area contributed by atoms with Gasteiger partial charge in [0.05, 0.1) is 6.61 Å². The Hall–Kier alpha value is -0.860. The van der Waals surface area contributed by atoms with Crippen molar-refractivity contribution in [1.29, 1.82) is 0 Å². The molecule has 0 aliphatic heterocycles. The van der Waals surface area contributed by atoms with Crippen LogP contribution in [-0.2, 0) is 6.61 Å². The van der Waals surface area contributed by atoms with Crippen molar-refractivity contribution >= 4 is 0 Å². The smallest absolute Gasteiger partial charge is 0.0685 e. The lowest BCUT2D eigenvalue weighted by Crippen LogP contribution is -2.11. The van der Waals surface area contributed by atoms with Gasteiger partial charge in [-0.3, -0.25) is 0 Å². The third-order valence-electron chi connectivity index (χ3n) is 2.31. The van der Waals surface area contributed by atoms with E-state index in [0.29, 0.717) is 0 Å². The maximum atomic E-state index is 9.10. The Morgan fingerprint density at radius 2 is 2.15 bits per heavy atom. The zero-order valence-corrected chi connectivity index (χ0v) is 8.25. The van der Waals surface area contributed by atoms with Crippen molar-refractivity contribution in [3.63, 3.8) is 0 Å². The largest absolute Gasteiger partial charge is 0.392 e. The molecule has 72 valence electrons. The minimum atomic E-state index is 0.0436. The van der Waals surface area contributed by atoms with Gasteiger partial charge in [-0.2, -0.15) is 0 Å². The zero-order valence-electron chi connectivity index (χ0n) is 8.25. The van der Waals surface area contributed by atoms with Gasteiger partial charge in [0, 0.05) is 6.04 Å². The molecule has 1 aromatic carbocycles. The van der Waals surface area contributed by atoms with Gasteiger partial charge >= 0.3 is 0 Å². The summed E-state index contributed by atoms with van der Waals surface area (Å²) in [5.41, 5.74) is 9.14. The molecule has 0 aliphatic carbocycles. The monoisotopic (exact) mass is 179 g/mol. The molecule has 0 fully saturated rings. The van der Waals surface area contributed by atoms with Gasteiger partial charge in [0.2, 0.25) is 0 Å².